The number of aromatic nitrogens is 1. The second-order valence-electron chi connectivity index (χ2n) is 6.82. The summed E-state index contributed by atoms with van der Waals surface area (Å²) in [5.74, 6) is 0.977. The third kappa shape index (κ3) is 6.47. The molecule has 0 bridgehead atoms. The molecule has 0 amide bonds. The predicted octanol–water partition coefficient (Wildman–Crippen LogP) is 4.11. The number of methoxy groups -OCH3 is 1. The number of nitrogens with zero attached hydrogens (tertiary/aromatic N) is 1. The van der Waals surface area contributed by atoms with Crippen molar-refractivity contribution in [3.05, 3.63) is 47.3 Å². The highest BCUT2D eigenvalue weighted by Crippen LogP contribution is 2.34. The Morgan fingerprint density at radius 2 is 1.80 bits per heavy atom. The number of benzene rings is 1. The minimum absolute atomic E-state index is 0.00871. The third-order valence-corrected chi connectivity index (χ3v) is 4.53. The molecule has 0 saturated heterocycles. The van der Waals surface area contributed by atoms with Crippen molar-refractivity contribution in [3.8, 4) is 17.2 Å². The summed E-state index contributed by atoms with van der Waals surface area (Å²) in [4.78, 5) is 26.9. The number of carbonyl (C=O) groups is 2. The van der Waals surface area contributed by atoms with Crippen LogP contribution in [0.25, 0.3) is 0 Å². The molecule has 1 aromatic heterocycles. The second kappa shape index (κ2) is 11.8. The first kappa shape index (κ1) is 23.2. The molecule has 0 saturated carbocycles. The van der Waals surface area contributed by atoms with Gasteiger partial charge in [-0.05, 0) is 37.6 Å². The number of ketones is 1. The molecule has 1 N–H and O–H groups in total. The fraction of sp³-hybridized carbons (Fsp3) is 0.435. The van der Waals surface area contributed by atoms with Gasteiger partial charge in [0.2, 0.25) is 0 Å². The van der Waals surface area contributed by atoms with Crippen molar-refractivity contribution >= 4 is 11.8 Å². The molecule has 2 rings (SSSR count). The molecule has 0 unspecified atom stereocenters. The summed E-state index contributed by atoms with van der Waals surface area (Å²) in [7, 11) is 1.56. The number of Topliss-reactive ketones (excluding diaryl/α,β-unsaturated/α-hetero) is 1. The van der Waals surface area contributed by atoms with E-state index in [1.54, 1.807) is 31.5 Å². The summed E-state index contributed by atoms with van der Waals surface area (Å²) in [5, 5.41) is 8.85. The molecule has 0 aliphatic carbocycles. The Morgan fingerprint density at radius 1 is 1.07 bits per heavy atom. The minimum atomic E-state index is -0.867. The molecule has 0 spiro atoms. The molecule has 0 aliphatic rings. The summed E-state index contributed by atoms with van der Waals surface area (Å²) in [6.07, 6.45) is 4.24. The summed E-state index contributed by atoms with van der Waals surface area (Å²) in [6, 6.07) is 7.10. The quantitative estimate of drug-likeness (QED) is 0.388. The van der Waals surface area contributed by atoms with E-state index in [-0.39, 0.29) is 12.2 Å². The van der Waals surface area contributed by atoms with E-state index >= 15 is 0 Å². The van der Waals surface area contributed by atoms with E-state index in [4.69, 9.17) is 19.3 Å². The monoisotopic (exact) mass is 415 g/mol. The number of carbonyl (C=O) groups excluding carboxylic acids is 1. The number of carboxylic acid groups (broad SMARTS) is 1. The van der Waals surface area contributed by atoms with Gasteiger partial charge in [-0.25, -0.2) is 0 Å². The van der Waals surface area contributed by atoms with Gasteiger partial charge in [0.25, 0.3) is 0 Å². The Morgan fingerprint density at radius 3 is 2.43 bits per heavy atom. The van der Waals surface area contributed by atoms with Gasteiger partial charge in [0.05, 0.1) is 38.0 Å². The van der Waals surface area contributed by atoms with Crippen LogP contribution in [0.2, 0.25) is 0 Å². The van der Waals surface area contributed by atoms with Crippen molar-refractivity contribution in [2.24, 2.45) is 0 Å². The molecule has 2 aromatic rings. The van der Waals surface area contributed by atoms with Gasteiger partial charge in [-0.15, -0.1) is 0 Å². The summed E-state index contributed by atoms with van der Waals surface area (Å²) < 4.78 is 17.2. The smallest absolute Gasteiger partial charge is 0.303 e. The normalized spacial score (nSPS) is 10.5. The number of rotatable bonds is 13. The van der Waals surface area contributed by atoms with Crippen LogP contribution in [0, 0.1) is 0 Å². The molecule has 0 radical (unpaired) electrons. The molecule has 30 heavy (non-hydrogen) atoms. The number of aryl methyl sites for hydroxylation is 1. The Labute approximate surface area is 177 Å². The molecule has 1 aromatic carbocycles. The zero-order chi connectivity index (χ0) is 21.9. The zero-order valence-electron chi connectivity index (χ0n) is 17.8. The lowest BCUT2D eigenvalue weighted by atomic mass is 10.0. The number of ether oxygens (including phenoxy) is 3. The van der Waals surface area contributed by atoms with Crippen molar-refractivity contribution in [2.75, 3.05) is 20.3 Å². The van der Waals surface area contributed by atoms with Crippen LogP contribution in [0.4, 0.5) is 0 Å². The first-order chi connectivity index (χ1) is 14.5. The van der Waals surface area contributed by atoms with E-state index in [0.29, 0.717) is 54.6 Å². The number of hydrogen-bond acceptors (Lipinski definition) is 6. The average molecular weight is 415 g/mol. The SMILES string of the molecule is CCCc1c(OCCCOc2cccnc2CCC(=O)O)ccc(C(C)=O)c1OC. The summed E-state index contributed by atoms with van der Waals surface area (Å²) >= 11 is 0. The van der Waals surface area contributed by atoms with Gasteiger partial charge in [0, 0.05) is 24.6 Å². The van der Waals surface area contributed by atoms with Crippen LogP contribution in [0.15, 0.2) is 30.5 Å². The Bertz CT molecular complexity index is 865. The van der Waals surface area contributed by atoms with E-state index in [0.717, 1.165) is 18.4 Å². The lowest BCUT2D eigenvalue weighted by molar-refractivity contribution is -0.136. The van der Waals surface area contributed by atoms with Crippen LogP contribution < -0.4 is 14.2 Å². The highest BCUT2D eigenvalue weighted by atomic mass is 16.5. The summed E-state index contributed by atoms with van der Waals surface area (Å²) in [6.45, 7) is 4.43. The molecule has 7 heteroatoms. The maximum atomic E-state index is 11.9. The molecule has 7 nitrogen and oxygen atoms in total. The second-order valence-corrected chi connectivity index (χ2v) is 6.82. The van der Waals surface area contributed by atoms with Crippen LogP contribution >= 0.6 is 0 Å². The van der Waals surface area contributed by atoms with Crippen LogP contribution in [-0.4, -0.2) is 42.2 Å². The first-order valence-corrected chi connectivity index (χ1v) is 10.1. The van der Waals surface area contributed by atoms with Gasteiger partial charge in [-0.2, -0.15) is 0 Å². The lowest BCUT2D eigenvalue weighted by Gasteiger charge is -2.17. The van der Waals surface area contributed by atoms with Crippen LogP contribution in [-0.2, 0) is 17.6 Å². The van der Waals surface area contributed by atoms with Crippen molar-refractivity contribution < 1.29 is 28.9 Å². The lowest BCUT2D eigenvalue weighted by Crippen LogP contribution is -2.09. The van der Waals surface area contributed by atoms with Gasteiger partial charge in [-0.1, -0.05) is 13.3 Å². The summed E-state index contributed by atoms with van der Waals surface area (Å²) in [5.41, 5.74) is 2.09. The fourth-order valence-corrected chi connectivity index (χ4v) is 3.13. The van der Waals surface area contributed by atoms with Gasteiger partial charge in [0.15, 0.2) is 5.78 Å². The van der Waals surface area contributed by atoms with E-state index in [2.05, 4.69) is 11.9 Å². The molecule has 0 atom stereocenters. The number of carboxylic acids is 1. The van der Waals surface area contributed by atoms with Crippen molar-refractivity contribution in [1.29, 1.82) is 0 Å². The largest absolute Gasteiger partial charge is 0.496 e. The maximum absolute atomic E-state index is 11.9. The molecule has 162 valence electrons. The number of hydrogen-bond donors (Lipinski definition) is 1. The highest BCUT2D eigenvalue weighted by molar-refractivity contribution is 5.97. The minimum Gasteiger partial charge on any atom is -0.496 e. The molecular formula is C23H29NO6. The number of pyridine rings is 1. The van der Waals surface area contributed by atoms with Crippen molar-refractivity contribution in [1.82, 2.24) is 4.98 Å². The van der Waals surface area contributed by atoms with E-state index < -0.39 is 5.97 Å². The zero-order valence-corrected chi connectivity index (χ0v) is 17.8. The first-order valence-electron chi connectivity index (χ1n) is 10.1. The van der Waals surface area contributed by atoms with Crippen molar-refractivity contribution in [3.63, 3.8) is 0 Å². The molecule has 1 heterocycles. The molecule has 0 aliphatic heterocycles. The van der Waals surface area contributed by atoms with Gasteiger partial charge in [0.1, 0.15) is 17.2 Å². The van der Waals surface area contributed by atoms with E-state index in [9.17, 15) is 9.59 Å². The van der Waals surface area contributed by atoms with Gasteiger partial charge < -0.3 is 19.3 Å². The Hall–Kier alpha value is -3.09. The van der Waals surface area contributed by atoms with Gasteiger partial charge in [-0.3, -0.25) is 14.6 Å². The average Bonchev–Trinajstić information content (AvgIpc) is 2.73. The highest BCUT2D eigenvalue weighted by Gasteiger charge is 2.17. The van der Waals surface area contributed by atoms with E-state index in [1.165, 1.54) is 6.92 Å². The third-order valence-electron chi connectivity index (χ3n) is 4.53. The Balaban J connectivity index is 1.95. The molecule has 0 fully saturated rings. The van der Waals surface area contributed by atoms with Crippen LogP contribution in [0.5, 0.6) is 17.2 Å². The predicted molar refractivity (Wildman–Crippen MR) is 113 cm³/mol. The van der Waals surface area contributed by atoms with Crippen LogP contribution in [0.3, 0.4) is 0 Å². The fourth-order valence-electron chi connectivity index (χ4n) is 3.13. The van der Waals surface area contributed by atoms with E-state index in [1.807, 2.05) is 6.07 Å². The maximum Gasteiger partial charge on any atom is 0.303 e. The standard InChI is InChI=1S/C23H29NO6/c1-4-7-18-20(11-9-17(16(2)25)23(18)28-3)29-14-6-15-30-21-8-5-13-24-19(21)10-12-22(26)27/h5,8-9,11,13H,4,6-7,10,12,14-15H2,1-3H3,(H,26,27). The van der Waals surface area contributed by atoms with Crippen LogP contribution in [0.1, 0.15) is 54.7 Å². The number of aliphatic carboxylic acids is 1. The van der Waals surface area contributed by atoms with Crippen molar-refractivity contribution in [2.45, 2.75) is 46.0 Å². The molecular weight excluding hydrogens is 386 g/mol. The topological polar surface area (TPSA) is 95.0 Å². The van der Waals surface area contributed by atoms with Gasteiger partial charge >= 0.3 is 5.97 Å². The Kier molecular flexibility index (Phi) is 9.12.